The van der Waals surface area contributed by atoms with Crippen LogP contribution < -0.4 is 0 Å². The molecular weight excluding hydrogens is 376 g/mol. The van der Waals surface area contributed by atoms with Crippen LogP contribution in [0.5, 0.6) is 0 Å². The molecule has 158 valence electrons. The summed E-state index contributed by atoms with van der Waals surface area (Å²) in [5.41, 5.74) is -0.0976. The molecule has 1 spiro atoms. The summed E-state index contributed by atoms with van der Waals surface area (Å²) < 4.78 is 29.3. The third-order valence-corrected chi connectivity index (χ3v) is 9.08. The van der Waals surface area contributed by atoms with Crippen molar-refractivity contribution in [2.24, 2.45) is 24.3 Å². The van der Waals surface area contributed by atoms with Crippen LogP contribution in [-0.4, -0.2) is 71.6 Å². The molecule has 3 heterocycles. The Balaban J connectivity index is 1.42. The van der Waals surface area contributed by atoms with Crippen molar-refractivity contribution in [1.82, 2.24) is 18.8 Å². The lowest BCUT2D eigenvalue weighted by Crippen LogP contribution is -2.46. The summed E-state index contributed by atoms with van der Waals surface area (Å²) in [6, 6.07) is 0. The molecule has 3 fully saturated rings. The summed E-state index contributed by atoms with van der Waals surface area (Å²) >= 11 is 0. The van der Waals surface area contributed by atoms with Crippen LogP contribution in [0.2, 0.25) is 0 Å². The van der Waals surface area contributed by atoms with Crippen LogP contribution in [0.25, 0.3) is 0 Å². The maximum absolute atomic E-state index is 13.0. The predicted molar refractivity (Wildman–Crippen MR) is 107 cm³/mol. The Labute approximate surface area is 168 Å². The van der Waals surface area contributed by atoms with E-state index in [4.69, 9.17) is 0 Å². The number of aliphatic hydroxyl groups excluding tert-OH is 1. The molecule has 1 unspecified atom stereocenters. The molecule has 1 saturated carbocycles. The number of hydrogen-bond acceptors (Lipinski definition) is 5. The van der Waals surface area contributed by atoms with Gasteiger partial charge in [-0.25, -0.2) is 13.4 Å². The minimum atomic E-state index is -3.60. The van der Waals surface area contributed by atoms with Gasteiger partial charge in [-0.05, 0) is 50.1 Å². The van der Waals surface area contributed by atoms with Crippen LogP contribution in [0.4, 0.5) is 0 Å². The standard InChI is InChI=1S/C20H34N4O3S/c1-22-13-19(21-16-22)28(26,27)24-12-18(14-25)20(15-24)7-9-23(10-8-20)11-17-5-3-2-4-6-17/h13,16-18,25H,2-12,14-15H2,1H3. The molecular formula is C20H34N4O3S. The van der Waals surface area contributed by atoms with Gasteiger partial charge in [-0.1, -0.05) is 19.3 Å². The van der Waals surface area contributed by atoms with Crippen molar-refractivity contribution >= 4 is 10.0 Å². The molecule has 28 heavy (non-hydrogen) atoms. The SMILES string of the molecule is Cn1cnc(S(=O)(=O)N2CC(CO)C3(CCN(CC4CCCCC4)CC3)C2)c1. The minimum absolute atomic E-state index is 0.0165. The quantitative estimate of drug-likeness (QED) is 0.799. The van der Waals surface area contributed by atoms with E-state index in [1.165, 1.54) is 45.0 Å². The molecule has 1 aliphatic carbocycles. The van der Waals surface area contributed by atoms with Crippen molar-refractivity contribution in [3.8, 4) is 0 Å². The van der Waals surface area contributed by atoms with Crippen molar-refractivity contribution in [3.05, 3.63) is 12.5 Å². The summed E-state index contributed by atoms with van der Waals surface area (Å²) in [6.07, 6.45) is 11.9. The van der Waals surface area contributed by atoms with Crippen LogP contribution in [0, 0.1) is 17.3 Å². The van der Waals surface area contributed by atoms with E-state index in [-0.39, 0.29) is 23.0 Å². The number of aryl methyl sites for hydroxylation is 1. The van der Waals surface area contributed by atoms with Gasteiger partial charge in [0, 0.05) is 45.4 Å². The Bertz CT molecular complexity index is 764. The fourth-order valence-electron chi connectivity index (χ4n) is 5.56. The Morgan fingerprint density at radius 2 is 1.93 bits per heavy atom. The highest BCUT2D eigenvalue weighted by Gasteiger charge is 2.51. The molecule has 2 saturated heterocycles. The van der Waals surface area contributed by atoms with E-state index in [1.807, 2.05) is 0 Å². The first-order valence-electron chi connectivity index (χ1n) is 10.7. The maximum Gasteiger partial charge on any atom is 0.262 e. The molecule has 4 rings (SSSR count). The van der Waals surface area contributed by atoms with Gasteiger partial charge in [0.15, 0.2) is 5.03 Å². The number of likely N-dealkylation sites (tertiary alicyclic amines) is 1. The van der Waals surface area contributed by atoms with Gasteiger partial charge >= 0.3 is 0 Å². The van der Waals surface area contributed by atoms with Crippen LogP contribution in [0.1, 0.15) is 44.9 Å². The smallest absolute Gasteiger partial charge is 0.262 e. The largest absolute Gasteiger partial charge is 0.396 e. The lowest BCUT2D eigenvalue weighted by Gasteiger charge is -2.43. The summed E-state index contributed by atoms with van der Waals surface area (Å²) in [4.78, 5) is 6.63. The average molecular weight is 411 g/mol. The highest BCUT2D eigenvalue weighted by Crippen LogP contribution is 2.46. The maximum atomic E-state index is 13.0. The number of nitrogens with zero attached hydrogens (tertiary/aromatic N) is 4. The summed E-state index contributed by atoms with van der Waals surface area (Å²) in [5, 5.41) is 10.1. The first kappa shape index (κ1) is 20.3. The zero-order valence-corrected chi connectivity index (χ0v) is 17.8. The van der Waals surface area contributed by atoms with Gasteiger partial charge < -0.3 is 14.6 Å². The van der Waals surface area contributed by atoms with Crippen molar-refractivity contribution in [3.63, 3.8) is 0 Å². The Hall–Kier alpha value is -0.960. The molecule has 3 aliphatic rings. The van der Waals surface area contributed by atoms with E-state index in [0.29, 0.717) is 13.1 Å². The van der Waals surface area contributed by atoms with Gasteiger partial charge in [0.05, 0.1) is 6.33 Å². The average Bonchev–Trinajstić information content (AvgIpc) is 3.29. The second kappa shape index (κ2) is 8.05. The van der Waals surface area contributed by atoms with Gasteiger partial charge in [-0.2, -0.15) is 4.31 Å². The monoisotopic (exact) mass is 410 g/mol. The highest BCUT2D eigenvalue weighted by atomic mass is 32.2. The van der Waals surface area contributed by atoms with Crippen LogP contribution >= 0.6 is 0 Å². The number of aromatic nitrogens is 2. The van der Waals surface area contributed by atoms with Crippen LogP contribution in [0.3, 0.4) is 0 Å². The number of imidazole rings is 1. The molecule has 0 bridgehead atoms. The zero-order valence-electron chi connectivity index (χ0n) is 17.0. The predicted octanol–water partition coefficient (Wildman–Crippen LogP) is 1.70. The Morgan fingerprint density at radius 3 is 2.54 bits per heavy atom. The number of piperidine rings is 1. The number of rotatable bonds is 5. The van der Waals surface area contributed by atoms with E-state index in [0.717, 1.165) is 31.8 Å². The van der Waals surface area contributed by atoms with Crippen LogP contribution in [0.15, 0.2) is 17.6 Å². The third kappa shape index (κ3) is 3.88. The summed E-state index contributed by atoms with van der Waals surface area (Å²) in [7, 11) is -1.82. The van der Waals surface area contributed by atoms with Crippen molar-refractivity contribution in [1.29, 1.82) is 0 Å². The molecule has 0 radical (unpaired) electrons. The van der Waals surface area contributed by atoms with Gasteiger partial charge in [0.2, 0.25) is 0 Å². The van der Waals surface area contributed by atoms with Gasteiger partial charge in [0.1, 0.15) is 0 Å². The fraction of sp³-hybridized carbons (Fsp3) is 0.850. The Kier molecular flexibility index (Phi) is 5.84. The van der Waals surface area contributed by atoms with E-state index >= 15 is 0 Å². The summed E-state index contributed by atoms with van der Waals surface area (Å²) in [5.74, 6) is 0.851. The first-order chi connectivity index (χ1) is 13.4. The summed E-state index contributed by atoms with van der Waals surface area (Å²) in [6.45, 7) is 4.19. The topological polar surface area (TPSA) is 78.7 Å². The number of aliphatic hydroxyl groups is 1. The molecule has 0 amide bonds. The lowest BCUT2D eigenvalue weighted by atomic mass is 9.71. The normalized spacial score (nSPS) is 27.6. The molecule has 1 aromatic heterocycles. The van der Waals surface area contributed by atoms with Crippen LogP contribution in [-0.2, 0) is 17.1 Å². The molecule has 1 N–H and O–H groups in total. The highest BCUT2D eigenvalue weighted by molar-refractivity contribution is 7.89. The van der Waals surface area contributed by atoms with Crippen molar-refractivity contribution < 1.29 is 13.5 Å². The third-order valence-electron chi connectivity index (χ3n) is 7.38. The van der Waals surface area contributed by atoms with E-state index in [9.17, 15) is 13.5 Å². The zero-order chi connectivity index (χ0) is 19.8. The molecule has 8 heteroatoms. The van der Waals surface area contributed by atoms with Gasteiger partial charge in [-0.3, -0.25) is 0 Å². The van der Waals surface area contributed by atoms with E-state index in [2.05, 4.69) is 9.88 Å². The molecule has 1 atom stereocenters. The molecule has 7 nitrogen and oxygen atoms in total. The van der Waals surface area contributed by atoms with E-state index in [1.54, 1.807) is 22.1 Å². The first-order valence-corrected chi connectivity index (χ1v) is 12.2. The molecule has 0 aromatic carbocycles. The molecule has 2 aliphatic heterocycles. The van der Waals surface area contributed by atoms with Gasteiger partial charge in [-0.15, -0.1) is 0 Å². The number of hydrogen-bond donors (Lipinski definition) is 1. The minimum Gasteiger partial charge on any atom is -0.396 e. The van der Waals surface area contributed by atoms with E-state index < -0.39 is 10.0 Å². The van der Waals surface area contributed by atoms with Crippen molar-refractivity contribution in [2.45, 2.75) is 50.0 Å². The Morgan fingerprint density at radius 1 is 1.21 bits per heavy atom. The van der Waals surface area contributed by atoms with Crippen molar-refractivity contribution in [2.75, 3.05) is 39.3 Å². The number of sulfonamides is 1. The van der Waals surface area contributed by atoms with Gasteiger partial charge in [0.25, 0.3) is 10.0 Å². The second-order valence-corrected chi connectivity index (χ2v) is 11.1. The molecule has 1 aromatic rings. The lowest BCUT2D eigenvalue weighted by molar-refractivity contribution is 0.0436. The fourth-order valence-corrected chi connectivity index (χ4v) is 7.10. The second-order valence-electron chi connectivity index (χ2n) is 9.22.